The number of rotatable bonds is 7. The summed E-state index contributed by atoms with van der Waals surface area (Å²) < 4.78 is 4.90. The van der Waals surface area contributed by atoms with E-state index in [2.05, 4.69) is 44.5 Å². The van der Waals surface area contributed by atoms with Crippen molar-refractivity contribution in [2.24, 2.45) is 0 Å². The van der Waals surface area contributed by atoms with Gasteiger partial charge in [-0.3, -0.25) is 4.79 Å². The van der Waals surface area contributed by atoms with E-state index in [-0.39, 0.29) is 5.91 Å². The Kier molecular flexibility index (Phi) is 6.77. The van der Waals surface area contributed by atoms with Crippen LogP contribution < -0.4 is 10.2 Å². The van der Waals surface area contributed by atoms with Crippen molar-refractivity contribution >= 4 is 17.7 Å². The summed E-state index contributed by atoms with van der Waals surface area (Å²) in [6.07, 6.45) is 4.25. The molecule has 0 radical (unpaired) electrons. The lowest BCUT2D eigenvalue weighted by molar-refractivity contribution is 0.0599. The summed E-state index contributed by atoms with van der Waals surface area (Å²) in [5, 5.41) is 2.95. The fourth-order valence-electron chi connectivity index (χ4n) is 4.42. The van der Waals surface area contributed by atoms with Crippen LogP contribution in [0.1, 0.15) is 62.1 Å². The zero-order valence-corrected chi connectivity index (χ0v) is 19.4. The van der Waals surface area contributed by atoms with Crippen LogP contribution >= 0.6 is 0 Å². The predicted molar refractivity (Wildman–Crippen MR) is 127 cm³/mol. The van der Waals surface area contributed by atoms with Crippen LogP contribution in [-0.2, 0) is 30.7 Å². The summed E-state index contributed by atoms with van der Waals surface area (Å²) in [6, 6.07) is 12.5. The van der Waals surface area contributed by atoms with Gasteiger partial charge in [0.1, 0.15) is 11.5 Å². The lowest BCUT2D eigenvalue weighted by Crippen LogP contribution is -2.31. The standard InChI is InChI=1S/C26H30N4O3/c1-4-7-21-23(26(32)33-3)17(2)29-24(21)25(31)28-15-18-10-11-22(27-14-18)30-13-12-19-8-5-6-9-20(19)16-30/h5-6,8-11,14,29H,4,7,12-13,15-16H2,1-3H3,(H,28,31). The Morgan fingerprint density at radius 3 is 2.67 bits per heavy atom. The van der Waals surface area contributed by atoms with Gasteiger partial charge in [0.2, 0.25) is 0 Å². The van der Waals surface area contributed by atoms with E-state index < -0.39 is 5.97 Å². The molecule has 2 aromatic heterocycles. The minimum Gasteiger partial charge on any atom is -0.465 e. The van der Waals surface area contributed by atoms with Gasteiger partial charge in [-0.05, 0) is 48.1 Å². The Balaban J connectivity index is 1.42. The average Bonchev–Trinajstić information content (AvgIpc) is 3.18. The molecule has 0 unspecified atom stereocenters. The Labute approximate surface area is 194 Å². The van der Waals surface area contributed by atoms with Crippen LogP contribution in [0.5, 0.6) is 0 Å². The number of anilines is 1. The molecule has 0 spiro atoms. The highest BCUT2D eigenvalue weighted by molar-refractivity contribution is 6.00. The molecule has 0 bridgehead atoms. The van der Waals surface area contributed by atoms with Crippen molar-refractivity contribution < 1.29 is 14.3 Å². The Morgan fingerprint density at radius 1 is 1.18 bits per heavy atom. The molecule has 0 saturated carbocycles. The molecule has 0 saturated heterocycles. The highest BCUT2D eigenvalue weighted by atomic mass is 16.5. The number of carbonyl (C=O) groups is 2. The number of fused-ring (bicyclic) bond motifs is 1. The fraction of sp³-hybridized carbons (Fsp3) is 0.346. The molecule has 172 valence electrons. The molecule has 3 heterocycles. The summed E-state index contributed by atoms with van der Waals surface area (Å²) in [5.74, 6) is 0.271. The quantitative estimate of drug-likeness (QED) is 0.537. The van der Waals surface area contributed by atoms with Crippen LogP contribution in [0.4, 0.5) is 5.82 Å². The number of esters is 1. The van der Waals surface area contributed by atoms with Crippen LogP contribution in [0.25, 0.3) is 0 Å². The number of ether oxygens (including phenoxy) is 1. The summed E-state index contributed by atoms with van der Waals surface area (Å²) in [5.41, 5.74) is 5.90. The maximum absolute atomic E-state index is 12.9. The number of hydrogen-bond acceptors (Lipinski definition) is 5. The molecule has 7 nitrogen and oxygen atoms in total. The minimum atomic E-state index is -0.425. The number of H-pyrrole nitrogens is 1. The molecule has 7 heteroatoms. The normalized spacial score (nSPS) is 12.9. The molecule has 1 aliphatic heterocycles. The van der Waals surface area contributed by atoms with Crippen molar-refractivity contribution in [2.45, 2.75) is 46.2 Å². The number of hydrogen-bond donors (Lipinski definition) is 2. The van der Waals surface area contributed by atoms with Crippen molar-refractivity contribution in [1.82, 2.24) is 15.3 Å². The molecule has 0 fully saturated rings. The first-order chi connectivity index (χ1) is 16.0. The second kappa shape index (κ2) is 9.90. The number of amides is 1. The maximum atomic E-state index is 12.9. The molecule has 0 aliphatic carbocycles. The van der Waals surface area contributed by atoms with E-state index in [1.54, 1.807) is 6.92 Å². The summed E-state index contributed by atoms with van der Waals surface area (Å²) >= 11 is 0. The zero-order chi connectivity index (χ0) is 23.4. The number of aromatic amines is 1. The number of carbonyl (C=O) groups excluding carboxylic acids is 2. The van der Waals surface area contributed by atoms with Gasteiger partial charge < -0.3 is 19.9 Å². The largest absolute Gasteiger partial charge is 0.465 e. The summed E-state index contributed by atoms with van der Waals surface area (Å²) in [4.78, 5) is 35.1. The molecule has 1 amide bonds. The molecule has 1 aliphatic rings. The van der Waals surface area contributed by atoms with Gasteiger partial charge in [-0.25, -0.2) is 9.78 Å². The second-order valence-corrected chi connectivity index (χ2v) is 8.37. The topological polar surface area (TPSA) is 87.3 Å². The lowest BCUT2D eigenvalue weighted by atomic mass is 10.00. The van der Waals surface area contributed by atoms with Gasteiger partial charge in [-0.15, -0.1) is 0 Å². The van der Waals surface area contributed by atoms with Gasteiger partial charge in [-0.2, -0.15) is 0 Å². The van der Waals surface area contributed by atoms with Gasteiger partial charge in [-0.1, -0.05) is 43.7 Å². The van der Waals surface area contributed by atoms with Crippen molar-refractivity contribution in [3.05, 3.63) is 81.8 Å². The maximum Gasteiger partial charge on any atom is 0.339 e. The molecule has 4 rings (SSSR count). The van der Waals surface area contributed by atoms with Crippen LogP contribution in [0, 0.1) is 6.92 Å². The average molecular weight is 447 g/mol. The molecule has 0 atom stereocenters. The first-order valence-corrected chi connectivity index (χ1v) is 11.4. The fourth-order valence-corrected chi connectivity index (χ4v) is 4.42. The predicted octanol–water partition coefficient (Wildman–Crippen LogP) is 3.95. The second-order valence-electron chi connectivity index (χ2n) is 8.37. The molecular formula is C26H30N4O3. The van der Waals surface area contributed by atoms with E-state index in [9.17, 15) is 9.59 Å². The Morgan fingerprint density at radius 2 is 1.97 bits per heavy atom. The van der Waals surface area contributed by atoms with E-state index in [1.807, 2.05) is 25.3 Å². The summed E-state index contributed by atoms with van der Waals surface area (Å²) in [7, 11) is 1.35. The van der Waals surface area contributed by atoms with E-state index >= 15 is 0 Å². The van der Waals surface area contributed by atoms with Gasteiger partial charge in [0, 0.05) is 31.5 Å². The van der Waals surface area contributed by atoms with Gasteiger partial charge in [0.15, 0.2) is 0 Å². The van der Waals surface area contributed by atoms with E-state index in [1.165, 1.54) is 18.2 Å². The zero-order valence-electron chi connectivity index (χ0n) is 19.4. The highest BCUT2D eigenvalue weighted by Gasteiger charge is 2.24. The number of aromatic nitrogens is 2. The first-order valence-electron chi connectivity index (χ1n) is 11.4. The smallest absolute Gasteiger partial charge is 0.339 e. The monoisotopic (exact) mass is 446 g/mol. The Hall–Kier alpha value is -3.61. The van der Waals surface area contributed by atoms with E-state index in [4.69, 9.17) is 4.74 Å². The van der Waals surface area contributed by atoms with Crippen molar-refractivity contribution in [3.63, 3.8) is 0 Å². The third-order valence-electron chi connectivity index (χ3n) is 6.12. The molecule has 2 N–H and O–H groups in total. The third-order valence-corrected chi connectivity index (χ3v) is 6.12. The number of benzene rings is 1. The number of aryl methyl sites for hydroxylation is 1. The molecule has 33 heavy (non-hydrogen) atoms. The SMILES string of the molecule is CCCc1c(C(=O)NCc2ccc(N3CCc4ccccc4C3)nc2)[nH]c(C)c1C(=O)OC. The molecular weight excluding hydrogens is 416 g/mol. The van der Waals surface area contributed by atoms with Gasteiger partial charge in [0.25, 0.3) is 5.91 Å². The van der Waals surface area contributed by atoms with Gasteiger partial charge in [0.05, 0.1) is 12.7 Å². The number of nitrogens with one attached hydrogen (secondary N) is 2. The van der Waals surface area contributed by atoms with Gasteiger partial charge >= 0.3 is 5.97 Å². The molecule has 3 aromatic rings. The number of pyridine rings is 1. The first kappa shape index (κ1) is 22.6. The minimum absolute atomic E-state index is 0.242. The van der Waals surface area contributed by atoms with Crippen LogP contribution in [-0.4, -0.2) is 35.5 Å². The van der Waals surface area contributed by atoms with E-state index in [0.717, 1.165) is 37.3 Å². The third kappa shape index (κ3) is 4.77. The van der Waals surface area contributed by atoms with Crippen LogP contribution in [0.15, 0.2) is 42.6 Å². The lowest BCUT2D eigenvalue weighted by Gasteiger charge is -2.29. The molecule has 1 aromatic carbocycles. The van der Waals surface area contributed by atoms with Crippen molar-refractivity contribution in [3.8, 4) is 0 Å². The number of nitrogens with zero attached hydrogens (tertiary/aromatic N) is 2. The number of methoxy groups -OCH3 is 1. The van der Waals surface area contributed by atoms with Crippen LogP contribution in [0.2, 0.25) is 0 Å². The van der Waals surface area contributed by atoms with Crippen LogP contribution in [0.3, 0.4) is 0 Å². The Bertz CT molecular complexity index is 1150. The van der Waals surface area contributed by atoms with E-state index in [0.29, 0.717) is 35.5 Å². The van der Waals surface area contributed by atoms with Crippen molar-refractivity contribution in [2.75, 3.05) is 18.6 Å². The highest BCUT2D eigenvalue weighted by Crippen LogP contribution is 2.24. The van der Waals surface area contributed by atoms with Crippen molar-refractivity contribution in [1.29, 1.82) is 0 Å². The summed E-state index contributed by atoms with van der Waals surface area (Å²) in [6.45, 7) is 5.94.